The van der Waals surface area contributed by atoms with E-state index in [0.29, 0.717) is 13.1 Å². The number of nitrogens with zero attached hydrogens (tertiary/aromatic N) is 2. The van der Waals surface area contributed by atoms with Gasteiger partial charge in [0.15, 0.2) is 0 Å². The second-order valence-electron chi connectivity index (χ2n) is 6.66. The van der Waals surface area contributed by atoms with Crippen molar-refractivity contribution in [2.24, 2.45) is 0 Å². The summed E-state index contributed by atoms with van der Waals surface area (Å²) in [7, 11) is 1.81. The Morgan fingerprint density at radius 3 is 3.00 bits per heavy atom. The van der Waals surface area contributed by atoms with Crippen LogP contribution in [-0.2, 0) is 25.8 Å². The molecule has 3 rings (SSSR count). The number of amides is 2. The molecule has 0 bridgehead atoms. The predicted octanol–water partition coefficient (Wildman–Crippen LogP) is 3.72. The Hall–Kier alpha value is -2.01. The van der Waals surface area contributed by atoms with Gasteiger partial charge in [-0.1, -0.05) is 30.2 Å². The summed E-state index contributed by atoms with van der Waals surface area (Å²) in [6.45, 7) is 1.12. The first kappa shape index (κ1) is 17.8. The van der Waals surface area contributed by atoms with Crippen LogP contribution in [0.15, 0.2) is 24.3 Å². The number of halogens is 1. The fraction of sp³-hybridized carbons (Fsp3) is 0.474. The lowest BCUT2D eigenvalue weighted by Crippen LogP contribution is -2.38. The maximum atomic E-state index is 12.3. The SMILES string of the molecule is CN(Cc1n[nH]c2c1CCCCC2)C(=O)NCCc1cccc(Cl)c1. The molecule has 0 saturated carbocycles. The number of benzene rings is 1. The van der Waals surface area contributed by atoms with E-state index in [1.165, 1.54) is 30.5 Å². The van der Waals surface area contributed by atoms with Crippen LogP contribution in [0.2, 0.25) is 5.02 Å². The monoisotopic (exact) mass is 360 g/mol. The highest BCUT2D eigenvalue weighted by atomic mass is 35.5. The Kier molecular flexibility index (Phi) is 5.97. The third kappa shape index (κ3) is 4.75. The van der Waals surface area contributed by atoms with Crippen molar-refractivity contribution in [1.82, 2.24) is 20.4 Å². The van der Waals surface area contributed by atoms with Crippen LogP contribution >= 0.6 is 11.6 Å². The number of H-pyrrole nitrogens is 1. The summed E-state index contributed by atoms with van der Waals surface area (Å²) in [5, 5.41) is 11.3. The number of fused-ring (bicyclic) bond motifs is 1. The highest BCUT2D eigenvalue weighted by molar-refractivity contribution is 6.30. The molecule has 2 aromatic rings. The van der Waals surface area contributed by atoms with Crippen molar-refractivity contribution in [3.05, 3.63) is 51.8 Å². The van der Waals surface area contributed by atoms with Crippen molar-refractivity contribution in [2.45, 2.75) is 45.1 Å². The third-order valence-corrected chi connectivity index (χ3v) is 4.94. The molecular formula is C19H25ClN4O. The molecular weight excluding hydrogens is 336 g/mol. The van der Waals surface area contributed by atoms with Crippen molar-refractivity contribution < 1.29 is 4.79 Å². The molecule has 0 aliphatic heterocycles. The van der Waals surface area contributed by atoms with E-state index in [1.54, 1.807) is 4.90 Å². The molecule has 0 spiro atoms. The fourth-order valence-electron chi connectivity index (χ4n) is 3.29. The molecule has 1 heterocycles. The van der Waals surface area contributed by atoms with E-state index in [-0.39, 0.29) is 6.03 Å². The van der Waals surface area contributed by atoms with Crippen LogP contribution in [0, 0.1) is 0 Å². The molecule has 1 aliphatic rings. The van der Waals surface area contributed by atoms with E-state index in [4.69, 9.17) is 11.6 Å². The molecule has 0 radical (unpaired) electrons. The smallest absolute Gasteiger partial charge is 0.317 e. The van der Waals surface area contributed by atoms with Gasteiger partial charge >= 0.3 is 6.03 Å². The van der Waals surface area contributed by atoms with Crippen molar-refractivity contribution in [1.29, 1.82) is 0 Å². The highest BCUT2D eigenvalue weighted by Crippen LogP contribution is 2.22. The second-order valence-corrected chi connectivity index (χ2v) is 7.09. The van der Waals surface area contributed by atoms with Crippen molar-refractivity contribution in [3.63, 3.8) is 0 Å². The Balaban J connectivity index is 1.50. The molecule has 1 aromatic heterocycles. The van der Waals surface area contributed by atoms with E-state index >= 15 is 0 Å². The lowest BCUT2D eigenvalue weighted by Gasteiger charge is -2.17. The zero-order valence-corrected chi connectivity index (χ0v) is 15.4. The molecule has 6 heteroatoms. The Bertz CT molecular complexity index is 728. The van der Waals surface area contributed by atoms with Crippen molar-refractivity contribution in [3.8, 4) is 0 Å². The van der Waals surface area contributed by atoms with Crippen LogP contribution < -0.4 is 5.32 Å². The Labute approximate surface area is 153 Å². The van der Waals surface area contributed by atoms with Gasteiger partial charge in [0.05, 0.1) is 12.2 Å². The fourth-order valence-corrected chi connectivity index (χ4v) is 3.51. The number of nitrogens with one attached hydrogen (secondary N) is 2. The number of rotatable bonds is 5. The quantitative estimate of drug-likeness (QED) is 0.798. The van der Waals surface area contributed by atoms with E-state index < -0.39 is 0 Å². The second kappa shape index (κ2) is 8.39. The average molecular weight is 361 g/mol. The summed E-state index contributed by atoms with van der Waals surface area (Å²) in [4.78, 5) is 14.0. The normalized spacial score (nSPS) is 13.8. The zero-order valence-electron chi connectivity index (χ0n) is 14.6. The molecule has 2 N–H and O–H groups in total. The first-order chi connectivity index (χ1) is 12.1. The van der Waals surface area contributed by atoms with Gasteiger partial charge in [-0.25, -0.2) is 4.79 Å². The minimum Gasteiger partial charge on any atom is -0.338 e. The summed E-state index contributed by atoms with van der Waals surface area (Å²) in [6, 6.07) is 7.64. The number of carbonyl (C=O) groups excluding carboxylic acids is 1. The van der Waals surface area contributed by atoms with Gasteiger partial charge in [0.2, 0.25) is 0 Å². The first-order valence-electron chi connectivity index (χ1n) is 8.92. The Morgan fingerprint density at radius 2 is 2.16 bits per heavy atom. The summed E-state index contributed by atoms with van der Waals surface area (Å²) in [6.07, 6.45) is 6.58. The lowest BCUT2D eigenvalue weighted by atomic mass is 10.1. The molecule has 0 atom stereocenters. The summed E-state index contributed by atoms with van der Waals surface area (Å²) >= 11 is 5.98. The molecule has 0 unspecified atom stereocenters. The Morgan fingerprint density at radius 1 is 1.32 bits per heavy atom. The van der Waals surface area contributed by atoms with Crippen LogP contribution in [0.3, 0.4) is 0 Å². The molecule has 25 heavy (non-hydrogen) atoms. The van der Waals surface area contributed by atoms with E-state index in [9.17, 15) is 4.79 Å². The highest BCUT2D eigenvalue weighted by Gasteiger charge is 2.18. The van der Waals surface area contributed by atoms with E-state index in [0.717, 1.165) is 35.5 Å². The van der Waals surface area contributed by atoms with Crippen molar-refractivity contribution in [2.75, 3.05) is 13.6 Å². The van der Waals surface area contributed by atoms with Gasteiger partial charge in [-0.3, -0.25) is 5.10 Å². The third-order valence-electron chi connectivity index (χ3n) is 4.70. The average Bonchev–Trinajstić information content (AvgIpc) is 2.81. The van der Waals surface area contributed by atoms with Crippen LogP contribution in [0.5, 0.6) is 0 Å². The standard InChI is InChI=1S/C19H25ClN4O/c1-24(13-18-16-8-3-2-4-9-17(16)22-23-18)19(25)21-11-10-14-6-5-7-15(20)12-14/h5-7,12H,2-4,8-11,13H2,1H3,(H,21,25)(H,22,23). The van der Waals surface area contributed by atoms with Gasteiger partial charge < -0.3 is 10.2 Å². The molecule has 1 aliphatic carbocycles. The number of carbonyl (C=O) groups is 1. The van der Waals surface area contributed by atoms with Gasteiger partial charge in [0, 0.05) is 24.3 Å². The van der Waals surface area contributed by atoms with Gasteiger partial charge in [0.25, 0.3) is 0 Å². The molecule has 134 valence electrons. The molecule has 0 fully saturated rings. The summed E-state index contributed by atoms with van der Waals surface area (Å²) < 4.78 is 0. The van der Waals surface area contributed by atoms with Gasteiger partial charge in [-0.05, 0) is 55.4 Å². The summed E-state index contributed by atoms with van der Waals surface area (Å²) in [5.74, 6) is 0. The maximum absolute atomic E-state index is 12.3. The number of aryl methyl sites for hydroxylation is 1. The number of urea groups is 1. The molecule has 5 nitrogen and oxygen atoms in total. The minimum absolute atomic E-state index is 0.0765. The van der Waals surface area contributed by atoms with Crippen LogP contribution in [0.1, 0.15) is 41.8 Å². The molecule has 2 amide bonds. The van der Waals surface area contributed by atoms with Gasteiger partial charge in [-0.2, -0.15) is 5.10 Å². The minimum atomic E-state index is -0.0765. The van der Waals surface area contributed by atoms with E-state index in [2.05, 4.69) is 15.5 Å². The number of aromatic amines is 1. The van der Waals surface area contributed by atoms with E-state index in [1.807, 2.05) is 31.3 Å². The largest absolute Gasteiger partial charge is 0.338 e. The lowest BCUT2D eigenvalue weighted by molar-refractivity contribution is 0.206. The molecule has 0 saturated heterocycles. The van der Waals surface area contributed by atoms with Gasteiger partial charge in [-0.15, -0.1) is 0 Å². The first-order valence-corrected chi connectivity index (χ1v) is 9.29. The van der Waals surface area contributed by atoms with Gasteiger partial charge in [0.1, 0.15) is 0 Å². The topological polar surface area (TPSA) is 61.0 Å². The van der Waals surface area contributed by atoms with Crippen LogP contribution in [0.25, 0.3) is 0 Å². The van der Waals surface area contributed by atoms with Crippen molar-refractivity contribution >= 4 is 17.6 Å². The number of aromatic nitrogens is 2. The zero-order chi connectivity index (χ0) is 17.6. The maximum Gasteiger partial charge on any atom is 0.317 e. The molecule has 1 aromatic carbocycles. The van der Waals surface area contributed by atoms with Crippen LogP contribution in [0.4, 0.5) is 4.79 Å². The number of hydrogen-bond donors (Lipinski definition) is 2. The number of hydrogen-bond acceptors (Lipinski definition) is 2. The van der Waals surface area contributed by atoms with Crippen LogP contribution in [-0.4, -0.2) is 34.7 Å². The summed E-state index contributed by atoms with van der Waals surface area (Å²) in [5.41, 5.74) is 4.69. The predicted molar refractivity (Wildman–Crippen MR) is 99.9 cm³/mol.